The first kappa shape index (κ1) is 14.1. The predicted molar refractivity (Wildman–Crippen MR) is 83.6 cm³/mol. The van der Waals surface area contributed by atoms with Crippen LogP contribution in [0.5, 0.6) is 0 Å². The monoisotopic (exact) mass is 282 g/mol. The van der Waals surface area contributed by atoms with Crippen LogP contribution in [-0.2, 0) is 0 Å². The molecule has 0 N–H and O–H groups in total. The number of carbonyl (C=O) groups is 1. The van der Waals surface area contributed by atoms with Gasteiger partial charge in [0.2, 0.25) is 0 Å². The normalized spacial score (nSPS) is 25.7. The molecule has 1 aromatic carbocycles. The Balaban J connectivity index is 1.76. The zero-order valence-corrected chi connectivity index (χ0v) is 12.7. The number of nitrogens with zero attached hydrogens (tertiary/aromatic N) is 2. The standard InChI is InChI=1S/C18H22N2O/c1-13-8-9-15(12-14(13)2)18(21)17-10-11-20(19-17)16-6-4-3-5-7-16/h3-7,10-11,13-15H,8-9,12H2,1-2H3. The van der Waals surface area contributed by atoms with Gasteiger partial charge in [0.05, 0.1) is 5.69 Å². The van der Waals surface area contributed by atoms with Crippen LogP contribution in [0, 0.1) is 17.8 Å². The van der Waals surface area contributed by atoms with E-state index in [1.165, 1.54) is 0 Å². The third kappa shape index (κ3) is 2.92. The number of carbonyl (C=O) groups excluding carboxylic acids is 1. The lowest BCUT2D eigenvalue weighted by atomic mass is 9.74. The maximum Gasteiger partial charge on any atom is 0.186 e. The molecule has 2 aromatic rings. The number of rotatable bonds is 3. The summed E-state index contributed by atoms with van der Waals surface area (Å²) in [5.41, 5.74) is 1.59. The Morgan fingerprint density at radius 2 is 1.86 bits per heavy atom. The Hall–Kier alpha value is -1.90. The second-order valence-electron chi connectivity index (χ2n) is 6.31. The maximum atomic E-state index is 12.6. The van der Waals surface area contributed by atoms with Gasteiger partial charge in [0.15, 0.2) is 5.78 Å². The molecule has 1 fully saturated rings. The predicted octanol–water partition coefficient (Wildman–Crippen LogP) is 4.13. The Morgan fingerprint density at radius 1 is 1.10 bits per heavy atom. The minimum Gasteiger partial charge on any atom is -0.292 e. The molecule has 0 spiro atoms. The highest BCUT2D eigenvalue weighted by Gasteiger charge is 2.30. The first-order valence-corrected chi connectivity index (χ1v) is 7.80. The molecule has 1 saturated carbocycles. The largest absolute Gasteiger partial charge is 0.292 e. The molecule has 3 nitrogen and oxygen atoms in total. The fourth-order valence-electron chi connectivity index (χ4n) is 3.17. The number of hydrogen-bond acceptors (Lipinski definition) is 2. The summed E-state index contributed by atoms with van der Waals surface area (Å²) in [6, 6.07) is 11.8. The fourth-order valence-corrected chi connectivity index (χ4v) is 3.17. The lowest BCUT2D eigenvalue weighted by Gasteiger charge is -2.30. The topological polar surface area (TPSA) is 34.9 Å². The van der Waals surface area contributed by atoms with Crippen LogP contribution in [0.4, 0.5) is 0 Å². The summed E-state index contributed by atoms with van der Waals surface area (Å²) in [6.07, 6.45) is 5.02. The lowest BCUT2D eigenvalue weighted by Crippen LogP contribution is -2.26. The second kappa shape index (κ2) is 5.84. The van der Waals surface area contributed by atoms with Crippen molar-refractivity contribution in [3.8, 4) is 5.69 Å². The Labute approximate surface area is 126 Å². The van der Waals surface area contributed by atoms with Gasteiger partial charge in [0.25, 0.3) is 0 Å². The van der Waals surface area contributed by atoms with Gasteiger partial charge in [0.1, 0.15) is 5.69 Å². The molecule has 110 valence electrons. The first-order valence-electron chi connectivity index (χ1n) is 7.80. The van der Waals surface area contributed by atoms with Crippen molar-refractivity contribution >= 4 is 5.78 Å². The molecule has 1 aromatic heterocycles. The molecule has 0 saturated heterocycles. The van der Waals surface area contributed by atoms with Crippen molar-refractivity contribution in [3.63, 3.8) is 0 Å². The molecular weight excluding hydrogens is 260 g/mol. The van der Waals surface area contributed by atoms with Crippen molar-refractivity contribution in [1.82, 2.24) is 9.78 Å². The molecule has 1 heterocycles. The molecule has 21 heavy (non-hydrogen) atoms. The number of benzene rings is 1. The van der Waals surface area contributed by atoms with E-state index in [0.29, 0.717) is 11.6 Å². The summed E-state index contributed by atoms with van der Waals surface area (Å²) in [5, 5.41) is 4.47. The molecule has 3 rings (SSSR count). The quantitative estimate of drug-likeness (QED) is 0.793. The number of Topliss-reactive ketones (excluding diaryl/α,β-unsaturated/α-hetero) is 1. The van der Waals surface area contributed by atoms with Crippen molar-refractivity contribution in [3.05, 3.63) is 48.3 Å². The van der Waals surface area contributed by atoms with Gasteiger partial charge in [-0.05, 0) is 49.3 Å². The molecule has 0 bridgehead atoms. The summed E-state index contributed by atoms with van der Waals surface area (Å²) in [7, 11) is 0. The number of aromatic nitrogens is 2. The van der Waals surface area contributed by atoms with Gasteiger partial charge in [0, 0.05) is 12.1 Å². The minimum absolute atomic E-state index is 0.148. The van der Waals surface area contributed by atoms with Crippen LogP contribution in [0.15, 0.2) is 42.6 Å². The summed E-state index contributed by atoms with van der Waals surface area (Å²) in [6.45, 7) is 4.54. The second-order valence-corrected chi connectivity index (χ2v) is 6.31. The maximum absolute atomic E-state index is 12.6. The molecule has 3 atom stereocenters. The molecule has 1 aliphatic carbocycles. The number of hydrogen-bond donors (Lipinski definition) is 0. The first-order chi connectivity index (χ1) is 10.1. The van der Waals surface area contributed by atoms with Crippen LogP contribution in [0.25, 0.3) is 5.69 Å². The van der Waals surface area contributed by atoms with E-state index in [9.17, 15) is 4.79 Å². The smallest absolute Gasteiger partial charge is 0.186 e. The summed E-state index contributed by atoms with van der Waals surface area (Å²) < 4.78 is 1.78. The third-order valence-electron chi connectivity index (χ3n) is 4.83. The molecule has 3 unspecified atom stereocenters. The van der Waals surface area contributed by atoms with Crippen molar-refractivity contribution in [1.29, 1.82) is 0 Å². The lowest BCUT2D eigenvalue weighted by molar-refractivity contribution is 0.0832. The van der Waals surface area contributed by atoms with Gasteiger partial charge in [-0.15, -0.1) is 0 Å². The van der Waals surface area contributed by atoms with E-state index in [1.807, 2.05) is 42.6 Å². The molecule has 0 amide bonds. The molecular formula is C18H22N2O. The van der Waals surface area contributed by atoms with Crippen LogP contribution in [0.1, 0.15) is 43.6 Å². The van der Waals surface area contributed by atoms with Gasteiger partial charge < -0.3 is 0 Å². The molecule has 3 heteroatoms. The van der Waals surface area contributed by atoms with Gasteiger partial charge in [-0.3, -0.25) is 4.79 Å². The van der Waals surface area contributed by atoms with Gasteiger partial charge in [-0.1, -0.05) is 32.0 Å². The summed E-state index contributed by atoms with van der Waals surface area (Å²) in [4.78, 5) is 12.6. The Bertz CT molecular complexity index is 617. The zero-order valence-electron chi connectivity index (χ0n) is 12.7. The van der Waals surface area contributed by atoms with E-state index in [2.05, 4.69) is 18.9 Å². The van der Waals surface area contributed by atoms with E-state index >= 15 is 0 Å². The average Bonchev–Trinajstić information content (AvgIpc) is 3.00. The molecule has 0 radical (unpaired) electrons. The highest BCUT2D eigenvalue weighted by Crippen LogP contribution is 2.34. The zero-order chi connectivity index (χ0) is 14.8. The van der Waals surface area contributed by atoms with E-state index < -0.39 is 0 Å². The fraction of sp³-hybridized carbons (Fsp3) is 0.444. The van der Waals surface area contributed by atoms with Crippen LogP contribution in [-0.4, -0.2) is 15.6 Å². The highest BCUT2D eigenvalue weighted by atomic mass is 16.1. The average molecular weight is 282 g/mol. The SMILES string of the molecule is CC1CCC(C(=O)c2ccn(-c3ccccc3)n2)CC1C. The van der Waals surface area contributed by atoms with Crippen molar-refractivity contribution in [2.45, 2.75) is 33.1 Å². The van der Waals surface area contributed by atoms with E-state index in [-0.39, 0.29) is 11.7 Å². The van der Waals surface area contributed by atoms with Crippen molar-refractivity contribution < 1.29 is 4.79 Å². The van der Waals surface area contributed by atoms with E-state index in [4.69, 9.17) is 0 Å². The minimum atomic E-state index is 0.148. The summed E-state index contributed by atoms with van der Waals surface area (Å²) >= 11 is 0. The van der Waals surface area contributed by atoms with Gasteiger partial charge in [-0.2, -0.15) is 5.10 Å². The highest BCUT2D eigenvalue weighted by molar-refractivity contribution is 5.96. The number of para-hydroxylation sites is 1. The Morgan fingerprint density at radius 3 is 2.57 bits per heavy atom. The molecule has 0 aliphatic heterocycles. The third-order valence-corrected chi connectivity index (χ3v) is 4.83. The van der Waals surface area contributed by atoms with Gasteiger partial charge >= 0.3 is 0 Å². The van der Waals surface area contributed by atoms with Crippen molar-refractivity contribution in [2.24, 2.45) is 17.8 Å². The van der Waals surface area contributed by atoms with Crippen LogP contribution in [0.3, 0.4) is 0 Å². The molecule has 1 aliphatic rings. The summed E-state index contributed by atoms with van der Waals surface area (Å²) in [5.74, 6) is 1.72. The van der Waals surface area contributed by atoms with Crippen molar-refractivity contribution in [2.75, 3.05) is 0 Å². The van der Waals surface area contributed by atoms with Crippen LogP contribution in [0.2, 0.25) is 0 Å². The number of ketones is 1. The van der Waals surface area contributed by atoms with E-state index in [0.717, 1.165) is 30.9 Å². The van der Waals surface area contributed by atoms with Crippen LogP contribution < -0.4 is 0 Å². The van der Waals surface area contributed by atoms with E-state index in [1.54, 1.807) is 4.68 Å². The van der Waals surface area contributed by atoms with Gasteiger partial charge in [-0.25, -0.2) is 4.68 Å². The van der Waals surface area contributed by atoms with Crippen LogP contribution >= 0.6 is 0 Å². The Kier molecular flexibility index (Phi) is 3.91.